The van der Waals surface area contributed by atoms with Crippen LogP contribution >= 0.6 is 0 Å². The minimum atomic E-state index is -1.18. The highest BCUT2D eigenvalue weighted by Crippen LogP contribution is 2.16. The Kier molecular flexibility index (Phi) is 2.31. The first-order valence-corrected chi connectivity index (χ1v) is 3.67. The van der Waals surface area contributed by atoms with E-state index in [0.29, 0.717) is 13.0 Å². The summed E-state index contributed by atoms with van der Waals surface area (Å²) in [5.74, 6) is 0.780. The normalized spacial score (nSPS) is 29.9. The van der Waals surface area contributed by atoms with Gasteiger partial charge >= 0.3 is 0 Å². The second kappa shape index (κ2) is 3.07. The van der Waals surface area contributed by atoms with Crippen LogP contribution in [0.3, 0.4) is 0 Å². The van der Waals surface area contributed by atoms with Gasteiger partial charge in [-0.15, -0.1) is 0 Å². The fourth-order valence-corrected chi connectivity index (χ4v) is 0.900. The van der Waals surface area contributed by atoms with Gasteiger partial charge < -0.3 is 15.6 Å². The van der Waals surface area contributed by atoms with Crippen molar-refractivity contribution in [1.29, 1.82) is 0 Å². The van der Waals surface area contributed by atoms with Crippen LogP contribution < -0.4 is 5.73 Å². The topological polar surface area (TPSA) is 55.5 Å². The summed E-state index contributed by atoms with van der Waals surface area (Å²) in [5, 5.41) is 9.25. The van der Waals surface area contributed by atoms with E-state index in [4.69, 9.17) is 10.5 Å². The van der Waals surface area contributed by atoms with Crippen LogP contribution in [0.2, 0.25) is 0 Å². The van der Waals surface area contributed by atoms with Crippen molar-refractivity contribution in [2.24, 2.45) is 5.73 Å². The summed E-state index contributed by atoms with van der Waals surface area (Å²) in [7, 11) is 0. The Hall–Kier alpha value is -0.800. The smallest absolute Gasteiger partial charge is 0.136 e. The van der Waals surface area contributed by atoms with Crippen LogP contribution in [0, 0.1) is 0 Å². The summed E-state index contributed by atoms with van der Waals surface area (Å²) in [6.07, 6.45) is 5.42. The average molecular weight is 155 g/mol. The minimum absolute atomic E-state index is 0.416. The molecule has 1 aliphatic carbocycles. The highest BCUT2D eigenvalue weighted by atomic mass is 16.5. The van der Waals surface area contributed by atoms with Crippen LogP contribution in [0.25, 0.3) is 0 Å². The monoisotopic (exact) mass is 155 g/mol. The number of hydrogen-bond acceptors (Lipinski definition) is 3. The number of aliphatic hydroxyl groups is 1. The zero-order chi connectivity index (χ0) is 8.32. The third-order valence-corrected chi connectivity index (χ3v) is 1.48. The summed E-state index contributed by atoms with van der Waals surface area (Å²) < 4.78 is 5.18. The Morgan fingerprint density at radius 1 is 1.82 bits per heavy atom. The number of allylic oxidation sites excluding steroid dienone is 1. The van der Waals surface area contributed by atoms with Crippen LogP contribution in [0.15, 0.2) is 24.0 Å². The van der Waals surface area contributed by atoms with Crippen molar-refractivity contribution >= 4 is 0 Å². The Bertz CT molecular complexity index is 194. The molecule has 62 valence electrons. The Labute approximate surface area is 66.2 Å². The molecule has 0 radical (unpaired) electrons. The fourth-order valence-electron chi connectivity index (χ4n) is 0.900. The summed E-state index contributed by atoms with van der Waals surface area (Å²) in [6, 6.07) is 0. The maximum absolute atomic E-state index is 9.25. The SMILES string of the molecule is CCOC1=CCC(N)(O)C=C1. The molecule has 0 bridgehead atoms. The van der Waals surface area contributed by atoms with E-state index in [0.717, 1.165) is 5.76 Å². The van der Waals surface area contributed by atoms with Crippen molar-refractivity contribution < 1.29 is 9.84 Å². The van der Waals surface area contributed by atoms with Crippen molar-refractivity contribution in [1.82, 2.24) is 0 Å². The van der Waals surface area contributed by atoms with E-state index < -0.39 is 5.72 Å². The molecule has 0 aliphatic heterocycles. The van der Waals surface area contributed by atoms with Gasteiger partial charge in [-0.05, 0) is 25.2 Å². The van der Waals surface area contributed by atoms with Gasteiger partial charge in [-0.1, -0.05) is 0 Å². The van der Waals surface area contributed by atoms with Gasteiger partial charge in [0.25, 0.3) is 0 Å². The van der Waals surface area contributed by atoms with Gasteiger partial charge in [-0.3, -0.25) is 0 Å². The maximum atomic E-state index is 9.25. The molecule has 1 unspecified atom stereocenters. The van der Waals surface area contributed by atoms with Gasteiger partial charge in [0.2, 0.25) is 0 Å². The van der Waals surface area contributed by atoms with Crippen LogP contribution in [0.1, 0.15) is 13.3 Å². The Morgan fingerprint density at radius 2 is 2.55 bits per heavy atom. The van der Waals surface area contributed by atoms with E-state index in [1.54, 1.807) is 12.2 Å². The second-order valence-electron chi connectivity index (χ2n) is 2.57. The lowest BCUT2D eigenvalue weighted by Crippen LogP contribution is -2.37. The predicted octanol–water partition coefficient (Wildman–Crippen LogP) is 0.514. The van der Waals surface area contributed by atoms with Crippen LogP contribution in [0.4, 0.5) is 0 Å². The van der Waals surface area contributed by atoms with Gasteiger partial charge in [0.15, 0.2) is 0 Å². The molecule has 1 aliphatic rings. The third-order valence-electron chi connectivity index (χ3n) is 1.48. The van der Waals surface area contributed by atoms with Gasteiger partial charge in [0, 0.05) is 6.42 Å². The molecule has 0 saturated carbocycles. The van der Waals surface area contributed by atoms with Gasteiger partial charge in [0.1, 0.15) is 11.5 Å². The van der Waals surface area contributed by atoms with Crippen molar-refractivity contribution in [2.45, 2.75) is 19.1 Å². The third kappa shape index (κ3) is 2.37. The standard InChI is InChI=1S/C8H13NO2/c1-2-11-7-3-5-8(9,10)6-4-7/h3-5,10H,2,6,9H2,1H3. The molecule has 11 heavy (non-hydrogen) atoms. The van der Waals surface area contributed by atoms with E-state index >= 15 is 0 Å². The van der Waals surface area contributed by atoms with E-state index in [-0.39, 0.29) is 0 Å². The summed E-state index contributed by atoms with van der Waals surface area (Å²) in [6.45, 7) is 2.55. The highest BCUT2D eigenvalue weighted by molar-refractivity contribution is 5.22. The van der Waals surface area contributed by atoms with Crippen molar-refractivity contribution in [3.63, 3.8) is 0 Å². The number of ether oxygens (including phenoxy) is 1. The Balaban J connectivity index is 2.53. The number of hydrogen-bond donors (Lipinski definition) is 2. The summed E-state index contributed by atoms with van der Waals surface area (Å²) in [5.41, 5.74) is 4.22. The molecule has 1 rings (SSSR count). The molecule has 3 nitrogen and oxygen atoms in total. The fraction of sp³-hybridized carbons (Fsp3) is 0.500. The van der Waals surface area contributed by atoms with Crippen molar-refractivity contribution in [3.05, 3.63) is 24.0 Å². The molecule has 0 aromatic carbocycles. The molecule has 0 aromatic heterocycles. The number of rotatable bonds is 2. The Morgan fingerprint density at radius 3 is 3.00 bits per heavy atom. The molecule has 1 atom stereocenters. The molecule has 0 fully saturated rings. The lowest BCUT2D eigenvalue weighted by atomic mass is 10.1. The van der Waals surface area contributed by atoms with E-state index in [9.17, 15) is 5.11 Å². The van der Waals surface area contributed by atoms with Gasteiger partial charge in [-0.2, -0.15) is 0 Å². The molecule has 0 saturated heterocycles. The summed E-state index contributed by atoms with van der Waals surface area (Å²) in [4.78, 5) is 0. The summed E-state index contributed by atoms with van der Waals surface area (Å²) >= 11 is 0. The van der Waals surface area contributed by atoms with Crippen LogP contribution in [0.5, 0.6) is 0 Å². The van der Waals surface area contributed by atoms with Crippen molar-refractivity contribution in [3.8, 4) is 0 Å². The molecular formula is C8H13NO2. The molecule has 0 aromatic rings. The van der Waals surface area contributed by atoms with Crippen LogP contribution in [-0.2, 0) is 4.74 Å². The zero-order valence-electron chi connectivity index (χ0n) is 6.58. The quantitative estimate of drug-likeness (QED) is 0.571. The van der Waals surface area contributed by atoms with E-state index in [2.05, 4.69) is 0 Å². The van der Waals surface area contributed by atoms with Crippen molar-refractivity contribution in [2.75, 3.05) is 6.61 Å². The van der Waals surface area contributed by atoms with E-state index in [1.807, 2.05) is 6.92 Å². The largest absolute Gasteiger partial charge is 0.494 e. The minimum Gasteiger partial charge on any atom is -0.494 e. The first-order chi connectivity index (χ1) is 5.14. The molecular weight excluding hydrogens is 142 g/mol. The maximum Gasteiger partial charge on any atom is 0.136 e. The van der Waals surface area contributed by atoms with Crippen LogP contribution in [-0.4, -0.2) is 17.4 Å². The first-order valence-electron chi connectivity index (χ1n) is 3.67. The van der Waals surface area contributed by atoms with Gasteiger partial charge in [0.05, 0.1) is 6.61 Å². The molecule has 0 spiro atoms. The molecule has 0 amide bonds. The number of nitrogens with two attached hydrogens (primary N) is 1. The zero-order valence-corrected chi connectivity index (χ0v) is 6.58. The molecule has 0 heterocycles. The van der Waals surface area contributed by atoms with Gasteiger partial charge in [-0.25, -0.2) is 0 Å². The highest BCUT2D eigenvalue weighted by Gasteiger charge is 2.18. The lowest BCUT2D eigenvalue weighted by Gasteiger charge is -2.20. The lowest BCUT2D eigenvalue weighted by molar-refractivity contribution is 0.0963. The second-order valence-corrected chi connectivity index (χ2v) is 2.57. The predicted molar refractivity (Wildman–Crippen MR) is 42.6 cm³/mol. The molecule has 3 N–H and O–H groups in total. The first kappa shape index (κ1) is 8.30. The molecule has 3 heteroatoms. The van der Waals surface area contributed by atoms with E-state index in [1.165, 1.54) is 6.08 Å². The average Bonchev–Trinajstić information content (AvgIpc) is 1.94.